The predicted molar refractivity (Wildman–Crippen MR) is 79.2 cm³/mol. The molecular weight excluding hydrogens is 303 g/mol. The standard InChI is InChI=1S/C15H17FN4O3/c1-15(2,3)14(22)18-10(11(17)21)13-20-19-12(23-13)8-4-6-9(16)7-5-8/h4-7,10H,1-3H3,(H2,17,21)(H,18,22)/t10-/m0/s1. The summed E-state index contributed by atoms with van der Waals surface area (Å²) in [6.07, 6.45) is 0. The van der Waals surface area contributed by atoms with E-state index in [1.165, 1.54) is 24.3 Å². The number of carbonyl (C=O) groups excluding carboxylic acids is 2. The van der Waals surface area contributed by atoms with Gasteiger partial charge in [0.1, 0.15) is 5.82 Å². The first-order valence-corrected chi connectivity index (χ1v) is 6.88. The first-order valence-electron chi connectivity index (χ1n) is 6.88. The number of nitrogens with zero attached hydrogens (tertiary/aromatic N) is 2. The molecule has 0 aliphatic heterocycles. The van der Waals surface area contributed by atoms with Gasteiger partial charge in [-0.2, -0.15) is 0 Å². The fourth-order valence-corrected chi connectivity index (χ4v) is 1.66. The van der Waals surface area contributed by atoms with Crippen LogP contribution in [0.5, 0.6) is 0 Å². The summed E-state index contributed by atoms with van der Waals surface area (Å²) in [4.78, 5) is 23.6. The molecule has 2 amide bonds. The molecule has 2 rings (SSSR count). The van der Waals surface area contributed by atoms with Gasteiger partial charge >= 0.3 is 0 Å². The lowest BCUT2D eigenvalue weighted by atomic mass is 9.95. The molecule has 0 fully saturated rings. The molecule has 122 valence electrons. The Morgan fingerprint density at radius 2 is 1.83 bits per heavy atom. The van der Waals surface area contributed by atoms with Crippen LogP contribution in [-0.2, 0) is 9.59 Å². The number of halogens is 1. The molecule has 1 heterocycles. The van der Waals surface area contributed by atoms with Crippen LogP contribution in [0, 0.1) is 11.2 Å². The third kappa shape index (κ3) is 3.91. The second kappa shape index (κ2) is 6.15. The van der Waals surface area contributed by atoms with E-state index in [9.17, 15) is 14.0 Å². The van der Waals surface area contributed by atoms with E-state index in [0.717, 1.165) is 0 Å². The predicted octanol–water partition coefficient (Wildman–Crippen LogP) is 1.56. The van der Waals surface area contributed by atoms with Crippen molar-refractivity contribution in [2.75, 3.05) is 0 Å². The summed E-state index contributed by atoms with van der Waals surface area (Å²) in [5.74, 6) is -1.65. The summed E-state index contributed by atoms with van der Waals surface area (Å²) < 4.78 is 18.3. The Labute approximate surface area is 132 Å². The van der Waals surface area contributed by atoms with E-state index in [2.05, 4.69) is 15.5 Å². The molecule has 7 nitrogen and oxygen atoms in total. The van der Waals surface area contributed by atoms with Crippen molar-refractivity contribution in [3.8, 4) is 11.5 Å². The number of carbonyl (C=O) groups is 2. The van der Waals surface area contributed by atoms with Gasteiger partial charge in [-0.25, -0.2) is 4.39 Å². The van der Waals surface area contributed by atoms with E-state index in [-0.39, 0.29) is 17.7 Å². The fraction of sp³-hybridized carbons (Fsp3) is 0.333. The second-order valence-corrected chi connectivity index (χ2v) is 6.01. The maximum absolute atomic E-state index is 12.9. The molecule has 8 heteroatoms. The summed E-state index contributed by atoms with van der Waals surface area (Å²) in [5.41, 5.74) is 5.06. The molecule has 0 radical (unpaired) electrons. The maximum Gasteiger partial charge on any atom is 0.249 e. The Morgan fingerprint density at radius 1 is 1.22 bits per heavy atom. The summed E-state index contributed by atoms with van der Waals surface area (Å²) in [5, 5.41) is 10.0. The SMILES string of the molecule is CC(C)(C)C(=O)N[C@@H](C(N)=O)c1nnc(-c2ccc(F)cc2)o1. The fourth-order valence-electron chi connectivity index (χ4n) is 1.66. The molecule has 0 saturated carbocycles. The Bertz CT molecular complexity index is 719. The lowest BCUT2D eigenvalue weighted by Crippen LogP contribution is -2.42. The second-order valence-electron chi connectivity index (χ2n) is 6.01. The number of primary amides is 1. The molecular formula is C15H17FN4O3. The summed E-state index contributed by atoms with van der Waals surface area (Å²) in [7, 11) is 0. The minimum atomic E-state index is -1.23. The Hall–Kier alpha value is -2.77. The van der Waals surface area contributed by atoms with Crippen LogP contribution in [0.4, 0.5) is 4.39 Å². The first kappa shape index (κ1) is 16.6. The van der Waals surface area contributed by atoms with Gasteiger partial charge in [-0.15, -0.1) is 10.2 Å². The van der Waals surface area contributed by atoms with Crippen LogP contribution in [0.25, 0.3) is 11.5 Å². The molecule has 3 N–H and O–H groups in total. The zero-order valence-electron chi connectivity index (χ0n) is 13.0. The monoisotopic (exact) mass is 320 g/mol. The minimum absolute atomic E-state index is 0.0938. The topological polar surface area (TPSA) is 111 Å². The van der Waals surface area contributed by atoms with Crippen molar-refractivity contribution >= 4 is 11.8 Å². The molecule has 1 atom stereocenters. The van der Waals surface area contributed by atoms with Crippen molar-refractivity contribution in [1.29, 1.82) is 0 Å². The Balaban J connectivity index is 2.26. The zero-order valence-corrected chi connectivity index (χ0v) is 13.0. The van der Waals surface area contributed by atoms with Crippen LogP contribution in [0.1, 0.15) is 32.7 Å². The number of rotatable bonds is 4. The van der Waals surface area contributed by atoms with Gasteiger partial charge in [0.15, 0.2) is 6.04 Å². The number of hydrogen-bond donors (Lipinski definition) is 2. The van der Waals surface area contributed by atoms with E-state index in [1.807, 2.05) is 0 Å². The minimum Gasteiger partial charge on any atom is -0.418 e. The molecule has 23 heavy (non-hydrogen) atoms. The number of nitrogens with one attached hydrogen (secondary N) is 1. The molecule has 0 unspecified atom stereocenters. The van der Waals surface area contributed by atoms with Crippen LogP contribution >= 0.6 is 0 Å². The van der Waals surface area contributed by atoms with Gasteiger partial charge in [0.25, 0.3) is 0 Å². The van der Waals surface area contributed by atoms with Crippen LogP contribution in [0.15, 0.2) is 28.7 Å². The molecule has 1 aromatic heterocycles. The van der Waals surface area contributed by atoms with Crippen molar-refractivity contribution in [2.24, 2.45) is 11.1 Å². The third-order valence-electron chi connectivity index (χ3n) is 3.02. The summed E-state index contributed by atoms with van der Waals surface area (Å²) >= 11 is 0. The van der Waals surface area contributed by atoms with Crippen molar-refractivity contribution < 1.29 is 18.4 Å². The van der Waals surface area contributed by atoms with Crippen molar-refractivity contribution in [3.63, 3.8) is 0 Å². The highest BCUT2D eigenvalue weighted by Crippen LogP contribution is 2.22. The van der Waals surface area contributed by atoms with E-state index >= 15 is 0 Å². The lowest BCUT2D eigenvalue weighted by Gasteiger charge is -2.20. The number of amides is 2. The number of hydrogen-bond acceptors (Lipinski definition) is 5. The van der Waals surface area contributed by atoms with Crippen molar-refractivity contribution in [3.05, 3.63) is 36.0 Å². The van der Waals surface area contributed by atoms with Gasteiger partial charge in [0, 0.05) is 11.0 Å². The van der Waals surface area contributed by atoms with E-state index < -0.39 is 23.2 Å². The van der Waals surface area contributed by atoms with E-state index in [0.29, 0.717) is 5.56 Å². The number of aromatic nitrogens is 2. The summed E-state index contributed by atoms with van der Waals surface area (Å²) in [6.45, 7) is 5.08. The first-order chi connectivity index (χ1) is 10.7. The quantitative estimate of drug-likeness (QED) is 0.888. The lowest BCUT2D eigenvalue weighted by molar-refractivity contribution is -0.133. The molecule has 0 saturated heterocycles. The average molecular weight is 320 g/mol. The van der Waals surface area contributed by atoms with Gasteiger partial charge in [0.05, 0.1) is 0 Å². The smallest absolute Gasteiger partial charge is 0.249 e. The molecule has 0 aliphatic carbocycles. The van der Waals surface area contributed by atoms with E-state index in [4.69, 9.17) is 10.2 Å². The molecule has 0 aliphatic rings. The van der Waals surface area contributed by atoms with Gasteiger partial charge in [-0.05, 0) is 24.3 Å². The van der Waals surface area contributed by atoms with Gasteiger partial charge in [-0.3, -0.25) is 9.59 Å². The van der Waals surface area contributed by atoms with Gasteiger partial charge < -0.3 is 15.5 Å². The summed E-state index contributed by atoms with van der Waals surface area (Å²) in [6, 6.07) is 4.17. The highest BCUT2D eigenvalue weighted by atomic mass is 19.1. The van der Waals surface area contributed by atoms with Crippen LogP contribution in [-0.4, -0.2) is 22.0 Å². The molecule has 0 spiro atoms. The number of benzene rings is 1. The van der Waals surface area contributed by atoms with Crippen molar-refractivity contribution in [2.45, 2.75) is 26.8 Å². The van der Waals surface area contributed by atoms with Gasteiger partial charge in [0.2, 0.25) is 23.6 Å². The highest BCUT2D eigenvalue weighted by molar-refractivity contribution is 5.89. The van der Waals surface area contributed by atoms with E-state index in [1.54, 1.807) is 20.8 Å². The average Bonchev–Trinajstić information content (AvgIpc) is 2.93. The molecule has 2 aromatic rings. The van der Waals surface area contributed by atoms with Crippen molar-refractivity contribution in [1.82, 2.24) is 15.5 Å². The molecule has 0 bridgehead atoms. The number of nitrogens with two attached hydrogens (primary N) is 1. The van der Waals surface area contributed by atoms with Crippen LogP contribution in [0.2, 0.25) is 0 Å². The largest absolute Gasteiger partial charge is 0.418 e. The van der Waals surface area contributed by atoms with Crippen LogP contribution < -0.4 is 11.1 Å². The Kier molecular flexibility index (Phi) is 4.44. The zero-order chi connectivity index (χ0) is 17.2. The normalized spacial score (nSPS) is 12.7. The Morgan fingerprint density at radius 3 is 2.35 bits per heavy atom. The van der Waals surface area contributed by atoms with Crippen LogP contribution in [0.3, 0.4) is 0 Å². The highest BCUT2D eigenvalue weighted by Gasteiger charge is 2.31. The third-order valence-corrected chi connectivity index (χ3v) is 3.02. The van der Waals surface area contributed by atoms with Gasteiger partial charge in [-0.1, -0.05) is 20.8 Å². The maximum atomic E-state index is 12.9. The molecule has 1 aromatic carbocycles.